The Bertz CT molecular complexity index is 79.7. The van der Waals surface area contributed by atoms with Crippen LogP contribution in [0.5, 0.6) is 0 Å². The monoisotopic (exact) mass is 154 g/mol. The molecule has 0 aliphatic carbocycles. The van der Waals surface area contributed by atoms with Gasteiger partial charge in [0.15, 0.2) is 12.6 Å². The maximum absolute atomic E-state index is 8.50. The Hall–Kier alpha value is -0.240. The molecule has 62 valence electrons. The fourth-order valence-electron chi connectivity index (χ4n) is 0.353. The number of hydrogen-bond acceptors (Lipinski definition) is 6. The maximum Gasteiger partial charge on any atom is 0.180 e. The lowest BCUT2D eigenvalue weighted by molar-refractivity contribution is -0.213. The standard InChI is InChI=1S/C4H10O6/c5-1(3(7)8)2(6)4(9)10/h1-10H. The Kier molecular flexibility index (Phi) is 3.72. The second-order valence-electron chi connectivity index (χ2n) is 1.81. The molecule has 2 atom stereocenters. The van der Waals surface area contributed by atoms with Crippen LogP contribution in [0.25, 0.3) is 0 Å². The minimum atomic E-state index is -2.18. The van der Waals surface area contributed by atoms with E-state index in [2.05, 4.69) is 0 Å². The quantitative estimate of drug-likeness (QED) is 0.233. The minimum Gasteiger partial charge on any atom is -0.385 e. The summed E-state index contributed by atoms with van der Waals surface area (Å²) < 4.78 is 0. The second-order valence-corrected chi connectivity index (χ2v) is 1.81. The van der Waals surface area contributed by atoms with Crippen LogP contribution in [-0.2, 0) is 0 Å². The van der Waals surface area contributed by atoms with Crippen molar-refractivity contribution in [3.63, 3.8) is 0 Å². The molecule has 6 N–H and O–H groups in total. The van der Waals surface area contributed by atoms with Crippen molar-refractivity contribution in [1.29, 1.82) is 0 Å². The highest BCUT2D eigenvalue weighted by atomic mass is 16.5. The molecule has 0 radical (unpaired) electrons. The Morgan fingerprint density at radius 2 is 0.700 bits per heavy atom. The van der Waals surface area contributed by atoms with Gasteiger partial charge in [0.05, 0.1) is 0 Å². The molecule has 6 nitrogen and oxygen atoms in total. The lowest BCUT2D eigenvalue weighted by Gasteiger charge is -2.19. The third-order valence-electron chi connectivity index (χ3n) is 0.961. The van der Waals surface area contributed by atoms with Gasteiger partial charge in [0.2, 0.25) is 0 Å². The summed E-state index contributed by atoms with van der Waals surface area (Å²) in [5, 5.41) is 49.6. The zero-order valence-corrected chi connectivity index (χ0v) is 4.99. The summed E-state index contributed by atoms with van der Waals surface area (Å²) in [5.74, 6) is 0. The van der Waals surface area contributed by atoms with Crippen LogP contribution in [0.3, 0.4) is 0 Å². The number of rotatable bonds is 3. The molecule has 0 aliphatic heterocycles. The SMILES string of the molecule is OC(O)C(O)C(O)C(O)O. The lowest BCUT2D eigenvalue weighted by Crippen LogP contribution is -2.44. The first-order chi connectivity index (χ1) is 4.46. The zero-order valence-electron chi connectivity index (χ0n) is 4.99. The van der Waals surface area contributed by atoms with Crippen molar-refractivity contribution in [3.05, 3.63) is 0 Å². The zero-order chi connectivity index (χ0) is 8.31. The Morgan fingerprint density at radius 3 is 0.800 bits per heavy atom. The number of hydrogen-bond donors (Lipinski definition) is 6. The molecular weight excluding hydrogens is 144 g/mol. The van der Waals surface area contributed by atoms with Crippen LogP contribution in [0.15, 0.2) is 0 Å². The number of aliphatic hydroxyl groups is 6. The van der Waals surface area contributed by atoms with E-state index in [0.717, 1.165) is 0 Å². The largest absolute Gasteiger partial charge is 0.385 e. The van der Waals surface area contributed by atoms with Gasteiger partial charge in [-0.15, -0.1) is 0 Å². The molecule has 0 spiro atoms. The van der Waals surface area contributed by atoms with Gasteiger partial charge in [-0.3, -0.25) is 0 Å². The van der Waals surface area contributed by atoms with Crippen molar-refractivity contribution in [2.24, 2.45) is 0 Å². The molecule has 0 aromatic heterocycles. The summed E-state index contributed by atoms with van der Waals surface area (Å²) in [6.45, 7) is 0. The minimum absolute atomic E-state index is 1.97. The van der Waals surface area contributed by atoms with Gasteiger partial charge in [0.1, 0.15) is 12.2 Å². The average molecular weight is 154 g/mol. The van der Waals surface area contributed by atoms with E-state index in [1.54, 1.807) is 0 Å². The van der Waals surface area contributed by atoms with Gasteiger partial charge in [0, 0.05) is 0 Å². The smallest absolute Gasteiger partial charge is 0.180 e. The molecule has 0 saturated heterocycles. The van der Waals surface area contributed by atoms with Crippen molar-refractivity contribution in [3.8, 4) is 0 Å². The van der Waals surface area contributed by atoms with E-state index in [-0.39, 0.29) is 0 Å². The fraction of sp³-hybridized carbons (Fsp3) is 1.00. The first-order valence-corrected chi connectivity index (χ1v) is 2.55. The van der Waals surface area contributed by atoms with E-state index in [1.807, 2.05) is 0 Å². The van der Waals surface area contributed by atoms with Gasteiger partial charge in [-0.25, -0.2) is 0 Å². The van der Waals surface area contributed by atoms with Crippen LogP contribution in [0, 0.1) is 0 Å². The highest BCUT2D eigenvalue weighted by molar-refractivity contribution is 4.69. The lowest BCUT2D eigenvalue weighted by atomic mass is 10.2. The van der Waals surface area contributed by atoms with Gasteiger partial charge >= 0.3 is 0 Å². The fourth-order valence-corrected chi connectivity index (χ4v) is 0.353. The predicted molar refractivity (Wildman–Crippen MR) is 28.5 cm³/mol. The third-order valence-corrected chi connectivity index (χ3v) is 0.961. The molecule has 10 heavy (non-hydrogen) atoms. The van der Waals surface area contributed by atoms with Crippen molar-refractivity contribution < 1.29 is 30.6 Å². The molecule has 0 aromatic rings. The van der Waals surface area contributed by atoms with Crippen LogP contribution < -0.4 is 0 Å². The second kappa shape index (κ2) is 3.81. The van der Waals surface area contributed by atoms with E-state index >= 15 is 0 Å². The first kappa shape index (κ1) is 9.76. The van der Waals surface area contributed by atoms with Crippen molar-refractivity contribution in [2.45, 2.75) is 24.8 Å². The highest BCUT2D eigenvalue weighted by Crippen LogP contribution is 2.00. The molecule has 0 amide bonds. The molecule has 0 heterocycles. The normalized spacial score (nSPS) is 18.0. The van der Waals surface area contributed by atoms with E-state index in [0.29, 0.717) is 0 Å². The van der Waals surface area contributed by atoms with Gasteiger partial charge in [-0.1, -0.05) is 0 Å². The number of aliphatic hydroxyl groups excluding tert-OH is 4. The Balaban J connectivity index is 3.81. The van der Waals surface area contributed by atoms with E-state index < -0.39 is 24.8 Å². The molecule has 0 bridgehead atoms. The van der Waals surface area contributed by atoms with Gasteiger partial charge in [-0.05, 0) is 0 Å². The van der Waals surface area contributed by atoms with Crippen LogP contribution >= 0.6 is 0 Å². The van der Waals surface area contributed by atoms with Crippen molar-refractivity contribution in [1.82, 2.24) is 0 Å². The summed E-state index contributed by atoms with van der Waals surface area (Å²) in [6, 6.07) is 0. The summed E-state index contributed by atoms with van der Waals surface area (Å²) in [4.78, 5) is 0. The van der Waals surface area contributed by atoms with Crippen LogP contribution in [0.2, 0.25) is 0 Å². The highest BCUT2D eigenvalue weighted by Gasteiger charge is 2.27. The summed E-state index contributed by atoms with van der Waals surface area (Å²) in [5.41, 5.74) is 0. The van der Waals surface area contributed by atoms with Gasteiger partial charge in [-0.2, -0.15) is 0 Å². The molecule has 0 saturated carbocycles. The van der Waals surface area contributed by atoms with Crippen molar-refractivity contribution >= 4 is 0 Å². The average Bonchev–Trinajstić information content (AvgIpc) is 1.84. The summed E-state index contributed by atoms with van der Waals surface area (Å²) in [6.07, 6.45) is -8.31. The topological polar surface area (TPSA) is 121 Å². The Morgan fingerprint density at radius 1 is 0.500 bits per heavy atom. The Labute approximate surface area is 56.6 Å². The van der Waals surface area contributed by atoms with Crippen LogP contribution in [-0.4, -0.2) is 55.4 Å². The van der Waals surface area contributed by atoms with Crippen LogP contribution in [0.1, 0.15) is 0 Å². The van der Waals surface area contributed by atoms with Crippen molar-refractivity contribution in [2.75, 3.05) is 0 Å². The summed E-state index contributed by atoms with van der Waals surface area (Å²) >= 11 is 0. The molecule has 0 fully saturated rings. The van der Waals surface area contributed by atoms with Crippen LogP contribution in [0.4, 0.5) is 0 Å². The van der Waals surface area contributed by atoms with Gasteiger partial charge in [0.25, 0.3) is 0 Å². The molecule has 0 aromatic carbocycles. The van der Waals surface area contributed by atoms with E-state index in [9.17, 15) is 0 Å². The van der Waals surface area contributed by atoms with Gasteiger partial charge < -0.3 is 30.6 Å². The predicted octanol–water partition coefficient (Wildman–Crippen LogP) is -3.67. The van der Waals surface area contributed by atoms with E-state index in [1.165, 1.54) is 0 Å². The molecular formula is C4H10O6. The molecule has 0 aliphatic rings. The third kappa shape index (κ3) is 2.56. The maximum atomic E-state index is 8.50. The van der Waals surface area contributed by atoms with E-state index in [4.69, 9.17) is 30.6 Å². The molecule has 0 rings (SSSR count). The first-order valence-electron chi connectivity index (χ1n) is 2.55. The molecule has 6 heteroatoms. The summed E-state index contributed by atoms with van der Waals surface area (Å²) in [7, 11) is 0. The molecule has 2 unspecified atom stereocenters.